The molecule has 0 aliphatic rings. The van der Waals surface area contributed by atoms with E-state index in [9.17, 15) is 4.79 Å². The molecule has 0 fully saturated rings. The second-order valence-corrected chi connectivity index (χ2v) is 4.22. The van der Waals surface area contributed by atoms with Crippen molar-refractivity contribution in [1.82, 2.24) is 0 Å². The summed E-state index contributed by atoms with van der Waals surface area (Å²) in [6, 6.07) is 17.3. The van der Waals surface area contributed by atoms with Crippen LogP contribution in [0, 0.1) is 0 Å². The Balaban J connectivity index is 2.22. The van der Waals surface area contributed by atoms with Crippen LogP contribution in [0.1, 0.15) is 35.9 Å². The van der Waals surface area contributed by atoms with Crippen molar-refractivity contribution in [2.24, 2.45) is 0 Å². The average molecular weight is 240 g/mol. The van der Waals surface area contributed by atoms with Gasteiger partial charge in [-0.1, -0.05) is 42.5 Å². The summed E-state index contributed by atoms with van der Waals surface area (Å²) < 4.78 is 5.87. The maximum Gasteiger partial charge on any atom is 0.163 e. The summed E-state index contributed by atoms with van der Waals surface area (Å²) in [7, 11) is 0. The van der Waals surface area contributed by atoms with Crippen LogP contribution >= 0.6 is 0 Å². The minimum absolute atomic E-state index is 0.0193. The van der Waals surface area contributed by atoms with E-state index in [-0.39, 0.29) is 11.9 Å². The number of ketones is 1. The number of para-hydroxylation sites is 1. The zero-order valence-corrected chi connectivity index (χ0v) is 10.6. The van der Waals surface area contributed by atoms with Gasteiger partial charge >= 0.3 is 0 Å². The molecular formula is C16H16O2. The molecule has 1 atom stereocenters. The summed E-state index contributed by atoms with van der Waals surface area (Å²) in [5.41, 5.74) is 1.72. The van der Waals surface area contributed by atoms with Crippen LogP contribution in [0.2, 0.25) is 0 Å². The fourth-order valence-electron chi connectivity index (χ4n) is 1.84. The number of carbonyl (C=O) groups excluding carboxylic acids is 1. The van der Waals surface area contributed by atoms with Crippen molar-refractivity contribution in [2.45, 2.75) is 20.0 Å². The highest BCUT2D eigenvalue weighted by atomic mass is 16.5. The predicted octanol–water partition coefficient (Wildman–Crippen LogP) is 4.03. The number of hydrogen-bond acceptors (Lipinski definition) is 2. The number of ether oxygens (including phenoxy) is 1. The number of rotatable bonds is 4. The van der Waals surface area contributed by atoms with Gasteiger partial charge in [-0.25, -0.2) is 0 Å². The minimum atomic E-state index is -0.0771. The van der Waals surface area contributed by atoms with E-state index in [1.54, 1.807) is 13.0 Å². The zero-order chi connectivity index (χ0) is 13.0. The predicted molar refractivity (Wildman–Crippen MR) is 71.9 cm³/mol. The lowest BCUT2D eigenvalue weighted by Gasteiger charge is -2.16. The Morgan fingerprint density at radius 3 is 2.28 bits per heavy atom. The maximum absolute atomic E-state index is 11.5. The first kappa shape index (κ1) is 12.4. The van der Waals surface area contributed by atoms with Crippen LogP contribution in [0.3, 0.4) is 0 Å². The molecule has 2 aromatic rings. The van der Waals surface area contributed by atoms with Gasteiger partial charge < -0.3 is 4.74 Å². The molecule has 2 nitrogen and oxygen atoms in total. The highest BCUT2D eigenvalue weighted by Crippen LogP contribution is 2.25. The third kappa shape index (κ3) is 2.77. The molecule has 0 N–H and O–H groups in total. The van der Waals surface area contributed by atoms with Gasteiger partial charge in [-0.05, 0) is 31.5 Å². The highest BCUT2D eigenvalue weighted by Gasteiger charge is 2.11. The molecule has 0 radical (unpaired) electrons. The lowest BCUT2D eigenvalue weighted by Crippen LogP contribution is -2.06. The molecule has 0 aromatic heterocycles. The quantitative estimate of drug-likeness (QED) is 0.754. The van der Waals surface area contributed by atoms with Crippen LogP contribution in [0.15, 0.2) is 54.6 Å². The van der Waals surface area contributed by atoms with E-state index in [0.717, 1.165) is 5.56 Å². The molecule has 2 heteroatoms. The Kier molecular flexibility index (Phi) is 3.78. The van der Waals surface area contributed by atoms with E-state index in [2.05, 4.69) is 0 Å². The van der Waals surface area contributed by atoms with Crippen LogP contribution in [0.4, 0.5) is 0 Å². The zero-order valence-electron chi connectivity index (χ0n) is 10.6. The highest BCUT2D eigenvalue weighted by molar-refractivity contribution is 5.96. The third-order valence-corrected chi connectivity index (χ3v) is 2.84. The molecule has 18 heavy (non-hydrogen) atoms. The average Bonchev–Trinajstić information content (AvgIpc) is 2.40. The number of benzene rings is 2. The van der Waals surface area contributed by atoms with Gasteiger partial charge in [0.25, 0.3) is 0 Å². The van der Waals surface area contributed by atoms with Crippen molar-refractivity contribution in [3.63, 3.8) is 0 Å². The van der Waals surface area contributed by atoms with E-state index >= 15 is 0 Å². The lowest BCUT2D eigenvalue weighted by atomic mass is 10.1. The monoisotopic (exact) mass is 240 g/mol. The van der Waals surface area contributed by atoms with Crippen molar-refractivity contribution in [2.75, 3.05) is 0 Å². The molecule has 92 valence electrons. The summed E-state index contributed by atoms with van der Waals surface area (Å²) in [6.07, 6.45) is -0.0771. The Bertz CT molecular complexity index is 532. The van der Waals surface area contributed by atoms with Crippen LogP contribution < -0.4 is 4.74 Å². The van der Waals surface area contributed by atoms with Crippen molar-refractivity contribution in [1.29, 1.82) is 0 Å². The molecule has 2 rings (SSSR count). The number of carbonyl (C=O) groups is 1. The summed E-state index contributed by atoms with van der Waals surface area (Å²) in [4.78, 5) is 11.5. The summed E-state index contributed by atoms with van der Waals surface area (Å²) in [5, 5.41) is 0. The molecule has 0 heterocycles. The Morgan fingerprint density at radius 2 is 1.61 bits per heavy atom. The standard InChI is InChI=1S/C16H16O2/c1-12(17)15-10-6-7-11-16(15)18-13(2)14-8-4-3-5-9-14/h3-11,13H,1-2H3/t13-/m0/s1. The third-order valence-electron chi connectivity index (χ3n) is 2.84. The minimum Gasteiger partial charge on any atom is -0.485 e. The molecule has 0 spiro atoms. The first-order chi connectivity index (χ1) is 8.68. The molecule has 2 aromatic carbocycles. The van der Waals surface area contributed by atoms with Gasteiger partial charge in [-0.15, -0.1) is 0 Å². The Hall–Kier alpha value is -2.09. The van der Waals surface area contributed by atoms with E-state index in [1.165, 1.54) is 0 Å². The van der Waals surface area contributed by atoms with Gasteiger partial charge in [0, 0.05) is 0 Å². The molecule has 0 aliphatic carbocycles. The largest absolute Gasteiger partial charge is 0.485 e. The molecule has 0 unspecified atom stereocenters. The van der Waals surface area contributed by atoms with Crippen LogP contribution in [0.5, 0.6) is 5.75 Å². The van der Waals surface area contributed by atoms with E-state index in [1.807, 2.05) is 55.5 Å². The molecule has 0 saturated heterocycles. The van der Waals surface area contributed by atoms with E-state index < -0.39 is 0 Å². The second-order valence-electron chi connectivity index (χ2n) is 4.22. The first-order valence-corrected chi connectivity index (χ1v) is 6.00. The normalized spacial score (nSPS) is 11.9. The van der Waals surface area contributed by atoms with Gasteiger partial charge in [0.15, 0.2) is 5.78 Å². The summed E-state index contributed by atoms with van der Waals surface area (Å²) >= 11 is 0. The van der Waals surface area contributed by atoms with Crippen LogP contribution in [-0.4, -0.2) is 5.78 Å². The summed E-state index contributed by atoms with van der Waals surface area (Å²) in [5.74, 6) is 0.659. The molecule has 0 bridgehead atoms. The van der Waals surface area contributed by atoms with Crippen LogP contribution in [-0.2, 0) is 0 Å². The first-order valence-electron chi connectivity index (χ1n) is 6.00. The smallest absolute Gasteiger partial charge is 0.163 e. The molecule has 0 saturated carbocycles. The van der Waals surface area contributed by atoms with Gasteiger partial charge in [0.1, 0.15) is 11.9 Å². The summed E-state index contributed by atoms with van der Waals surface area (Å²) in [6.45, 7) is 3.53. The van der Waals surface area contributed by atoms with Gasteiger partial charge in [-0.2, -0.15) is 0 Å². The van der Waals surface area contributed by atoms with Crippen molar-refractivity contribution >= 4 is 5.78 Å². The SMILES string of the molecule is CC(=O)c1ccccc1O[C@@H](C)c1ccccc1. The Labute approximate surface area is 107 Å². The Morgan fingerprint density at radius 1 is 1.00 bits per heavy atom. The van der Waals surface area contributed by atoms with Crippen molar-refractivity contribution < 1.29 is 9.53 Å². The van der Waals surface area contributed by atoms with Crippen molar-refractivity contribution in [3.8, 4) is 5.75 Å². The fourth-order valence-corrected chi connectivity index (χ4v) is 1.84. The van der Waals surface area contributed by atoms with E-state index in [0.29, 0.717) is 11.3 Å². The lowest BCUT2D eigenvalue weighted by molar-refractivity contribution is 0.101. The molecule has 0 aliphatic heterocycles. The molecular weight excluding hydrogens is 224 g/mol. The fraction of sp³-hybridized carbons (Fsp3) is 0.188. The molecule has 0 amide bonds. The topological polar surface area (TPSA) is 26.3 Å². The van der Waals surface area contributed by atoms with Gasteiger partial charge in [-0.3, -0.25) is 4.79 Å². The number of hydrogen-bond donors (Lipinski definition) is 0. The number of Topliss-reactive ketones (excluding diaryl/α,β-unsaturated/α-hetero) is 1. The maximum atomic E-state index is 11.5. The van der Waals surface area contributed by atoms with Crippen LogP contribution in [0.25, 0.3) is 0 Å². The van der Waals surface area contributed by atoms with Crippen molar-refractivity contribution in [3.05, 3.63) is 65.7 Å². The second kappa shape index (κ2) is 5.50. The van der Waals surface area contributed by atoms with Gasteiger partial charge in [0.2, 0.25) is 0 Å². The van der Waals surface area contributed by atoms with Gasteiger partial charge in [0.05, 0.1) is 5.56 Å². The van der Waals surface area contributed by atoms with E-state index in [4.69, 9.17) is 4.74 Å².